The normalized spacial score (nSPS) is 22.5. The molecular weight excluding hydrogens is 410 g/mol. The molecule has 2 aromatic carbocycles. The minimum atomic E-state index is -2.56. The van der Waals surface area contributed by atoms with Gasteiger partial charge in [0.25, 0.3) is 0 Å². The van der Waals surface area contributed by atoms with E-state index in [0.29, 0.717) is 23.8 Å². The Morgan fingerprint density at radius 2 is 1.87 bits per heavy atom. The highest BCUT2D eigenvalue weighted by Crippen LogP contribution is 2.39. The number of rotatable bonds is 5. The summed E-state index contributed by atoms with van der Waals surface area (Å²) in [7, 11) is 0. The topological polar surface area (TPSA) is 38.4 Å². The summed E-state index contributed by atoms with van der Waals surface area (Å²) in [6.45, 7) is 0. The maximum Gasteiger partial charge on any atom is 0.248 e. The van der Waals surface area contributed by atoms with Crippen LogP contribution >= 0.6 is 11.8 Å². The second kappa shape index (κ2) is 9.39. The first kappa shape index (κ1) is 21.8. The number of allylic oxidation sites excluding steroid dienone is 5. The third-order valence-electron chi connectivity index (χ3n) is 6.22. The molecule has 1 atom stereocenters. The number of nitrogens with zero attached hydrogens (tertiary/aromatic N) is 1. The molecule has 2 aliphatic rings. The molecule has 0 amide bonds. The fraction of sp³-hybridized carbons (Fsp3) is 0.346. The molecule has 1 fully saturated rings. The first-order valence-electron chi connectivity index (χ1n) is 10.8. The third kappa shape index (κ3) is 5.27. The zero-order valence-electron chi connectivity index (χ0n) is 17.7. The number of hydrogen-bond donors (Lipinski definition) is 1. The summed E-state index contributed by atoms with van der Waals surface area (Å²) in [5.41, 5.74) is 10.0. The average molecular weight is 439 g/mol. The second-order valence-electron chi connectivity index (χ2n) is 8.32. The lowest BCUT2D eigenvalue weighted by Crippen LogP contribution is -2.28. The first-order chi connectivity index (χ1) is 14.9. The zero-order chi connectivity index (χ0) is 21.8. The molecule has 2 aliphatic carbocycles. The summed E-state index contributed by atoms with van der Waals surface area (Å²) >= 11 is 1.81. The van der Waals surface area contributed by atoms with E-state index in [4.69, 9.17) is 10.7 Å². The van der Waals surface area contributed by atoms with Crippen molar-refractivity contribution in [2.24, 2.45) is 16.6 Å². The Balaban J connectivity index is 1.65. The van der Waals surface area contributed by atoms with Crippen LogP contribution in [-0.4, -0.2) is 23.6 Å². The van der Waals surface area contributed by atoms with Gasteiger partial charge in [-0.15, -0.1) is 0 Å². The van der Waals surface area contributed by atoms with Crippen LogP contribution in [0.3, 0.4) is 0 Å². The van der Waals surface area contributed by atoms with Crippen molar-refractivity contribution in [1.82, 2.24) is 0 Å². The van der Waals surface area contributed by atoms with Gasteiger partial charge in [-0.2, -0.15) is 11.8 Å². The highest BCUT2D eigenvalue weighted by Gasteiger charge is 2.36. The Labute approximate surface area is 187 Å². The van der Waals surface area contributed by atoms with Crippen LogP contribution < -0.4 is 5.73 Å². The lowest BCUT2D eigenvalue weighted by Gasteiger charge is -2.29. The maximum absolute atomic E-state index is 13.7. The van der Waals surface area contributed by atoms with E-state index in [0.717, 1.165) is 28.6 Å². The van der Waals surface area contributed by atoms with Crippen molar-refractivity contribution in [1.29, 1.82) is 0 Å². The van der Waals surface area contributed by atoms with E-state index in [1.54, 1.807) is 0 Å². The van der Waals surface area contributed by atoms with Crippen molar-refractivity contribution in [2.45, 2.75) is 43.3 Å². The van der Waals surface area contributed by atoms with Crippen LogP contribution in [0, 0.1) is 5.92 Å². The number of fused-ring (bicyclic) bond motifs is 1. The van der Waals surface area contributed by atoms with E-state index in [1.807, 2.05) is 36.2 Å². The number of hydrogen-bond acceptors (Lipinski definition) is 3. The molecule has 0 radical (unpaired) electrons. The minimum absolute atomic E-state index is 0.0368. The van der Waals surface area contributed by atoms with Crippen molar-refractivity contribution in [3.63, 3.8) is 0 Å². The van der Waals surface area contributed by atoms with Crippen LogP contribution in [0.25, 0.3) is 10.8 Å². The summed E-state index contributed by atoms with van der Waals surface area (Å²) in [5.74, 6) is -2.60. The van der Waals surface area contributed by atoms with E-state index in [9.17, 15) is 8.78 Å². The predicted octanol–water partition coefficient (Wildman–Crippen LogP) is 7.20. The van der Waals surface area contributed by atoms with Gasteiger partial charge < -0.3 is 5.73 Å². The number of halogens is 2. The monoisotopic (exact) mass is 438 g/mol. The molecule has 0 aliphatic heterocycles. The summed E-state index contributed by atoms with van der Waals surface area (Å²) in [5, 5.41) is 2.75. The van der Waals surface area contributed by atoms with Gasteiger partial charge in [-0.3, -0.25) is 4.99 Å². The van der Waals surface area contributed by atoms with E-state index >= 15 is 0 Å². The smallest absolute Gasteiger partial charge is 0.248 e. The summed E-state index contributed by atoms with van der Waals surface area (Å²) in [6, 6.07) is 14.3. The van der Waals surface area contributed by atoms with Crippen LogP contribution in [0.15, 0.2) is 82.5 Å². The van der Waals surface area contributed by atoms with Gasteiger partial charge in [-0.25, -0.2) is 8.78 Å². The minimum Gasteiger partial charge on any atom is -0.401 e. The maximum atomic E-state index is 13.7. The highest BCUT2D eigenvalue weighted by molar-refractivity contribution is 7.99. The number of alkyl halides is 2. The standard InChI is InChI=1S/C26H28F2N2S/c1-31-23-10-7-19(8-11-23)24(25(29)20-12-14-26(27,28)15-13-20)17-30-22-9-6-18-4-2-3-5-21(18)16-22/h2-10,16-17,20,23H,11-15,29H2,1H3. The zero-order valence-corrected chi connectivity index (χ0v) is 18.5. The van der Waals surface area contributed by atoms with Crippen molar-refractivity contribution in [2.75, 3.05) is 6.26 Å². The number of nitrogens with two attached hydrogens (primary N) is 1. The van der Waals surface area contributed by atoms with Crippen molar-refractivity contribution < 1.29 is 8.78 Å². The number of aliphatic imine (C=N–C) groups is 1. The van der Waals surface area contributed by atoms with Gasteiger partial charge in [-0.1, -0.05) is 48.6 Å². The van der Waals surface area contributed by atoms with Crippen LogP contribution in [-0.2, 0) is 0 Å². The third-order valence-corrected chi connectivity index (χ3v) is 7.17. The Hall–Kier alpha value is -2.40. The highest BCUT2D eigenvalue weighted by atomic mass is 32.2. The largest absolute Gasteiger partial charge is 0.401 e. The van der Waals surface area contributed by atoms with Crippen LogP contribution in [0.2, 0.25) is 0 Å². The molecule has 1 saturated carbocycles. The Kier molecular flexibility index (Phi) is 6.61. The van der Waals surface area contributed by atoms with E-state index in [1.165, 1.54) is 5.39 Å². The van der Waals surface area contributed by atoms with Crippen molar-refractivity contribution in [3.8, 4) is 0 Å². The number of thioether (sulfide) groups is 1. The Morgan fingerprint density at radius 1 is 1.13 bits per heavy atom. The Bertz CT molecular complexity index is 1060. The van der Waals surface area contributed by atoms with Crippen LogP contribution in [0.1, 0.15) is 32.1 Å². The van der Waals surface area contributed by atoms with Crippen molar-refractivity contribution in [3.05, 3.63) is 77.5 Å². The molecule has 0 heterocycles. The van der Waals surface area contributed by atoms with E-state index < -0.39 is 5.92 Å². The van der Waals surface area contributed by atoms with Gasteiger partial charge in [0, 0.05) is 35.6 Å². The van der Waals surface area contributed by atoms with Crippen molar-refractivity contribution >= 4 is 34.4 Å². The second-order valence-corrected chi connectivity index (χ2v) is 9.39. The van der Waals surface area contributed by atoms with Crippen LogP contribution in [0.4, 0.5) is 14.5 Å². The SMILES string of the molecule is CSC1C=CC(C(C=Nc2ccc3ccccc3c2)=C(N)C2CCC(F)(F)CC2)=CC1. The first-order valence-corrected chi connectivity index (χ1v) is 12.1. The molecular formula is C26H28F2N2S. The van der Waals surface area contributed by atoms with Gasteiger partial charge in [-0.05, 0) is 59.9 Å². The van der Waals surface area contributed by atoms with Gasteiger partial charge in [0.05, 0.1) is 5.69 Å². The molecule has 1 unspecified atom stereocenters. The summed E-state index contributed by atoms with van der Waals surface area (Å²) in [4.78, 5) is 4.72. The average Bonchev–Trinajstić information content (AvgIpc) is 2.79. The molecule has 162 valence electrons. The Morgan fingerprint density at radius 3 is 2.55 bits per heavy atom. The lowest BCUT2D eigenvalue weighted by atomic mass is 9.82. The molecule has 0 aromatic heterocycles. The van der Waals surface area contributed by atoms with Gasteiger partial charge >= 0.3 is 0 Å². The molecule has 31 heavy (non-hydrogen) atoms. The molecule has 0 spiro atoms. The lowest BCUT2D eigenvalue weighted by molar-refractivity contribution is -0.0422. The van der Waals surface area contributed by atoms with E-state index in [-0.39, 0.29) is 18.8 Å². The predicted molar refractivity (Wildman–Crippen MR) is 129 cm³/mol. The van der Waals surface area contributed by atoms with Gasteiger partial charge in [0.15, 0.2) is 0 Å². The molecule has 4 rings (SSSR count). The molecule has 0 saturated heterocycles. The van der Waals surface area contributed by atoms with Crippen LogP contribution in [0.5, 0.6) is 0 Å². The molecule has 2 N–H and O–H groups in total. The summed E-state index contributed by atoms with van der Waals surface area (Å²) in [6.07, 6.45) is 11.9. The molecule has 2 nitrogen and oxygen atoms in total. The molecule has 0 bridgehead atoms. The van der Waals surface area contributed by atoms with Gasteiger partial charge in [0.1, 0.15) is 0 Å². The quantitative estimate of drug-likeness (QED) is 0.501. The number of benzene rings is 2. The van der Waals surface area contributed by atoms with E-state index in [2.05, 4.69) is 48.7 Å². The van der Waals surface area contributed by atoms with Gasteiger partial charge in [0.2, 0.25) is 5.92 Å². The molecule has 5 heteroatoms. The fourth-order valence-corrected chi connectivity index (χ4v) is 4.78. The molecule has 2 aromatic rings. The summed E-state index contributed by atoms with van der Waals surface area (Å²) < 4.78 is 27.3. The fourth-order valence-electron chi connectivity index (χ4n) is 4.26.